The predicted molar refractivity (Wildman–Crippen MR) is 91.1 cm³/mol. The van der Waals surface area contributed by atoms with Crippen LogP contribution in [0.4, 0.5) is 0 Å². The van der Waals surface area contributed by atoms with Crippen molar-refractivity contribution in [1.29, 1.82) is 0 Å². The van der Waals surface area contributed by atoms with Crippen LogP contribution in [-0.4, -0.2) is 40.8 Å². The summed E-state index contributed by atoms with van der Waals surface area (Å²) in [7, 11) is -3.50. The third kappa shape index (κ3) is 2.70. The van der Waals surface area contributed by atoms with Gasteiger partial charge in [0.2, 0.25) is 10.0 Å². The maximum Gasteiger partial charge on any atom is 0.244 e. The van der Waals surface area contributed by atoms with Crippen molar-refractivity contribution >= 4 is 21.1 Å². The Morgan fingerprint density at radius 2 is 2.04 bits per heavy atom. The molecule has 1 saturated heterocycles. The van der Waals surface area contributed by atoms with E-state index in [1.165, 1.54) is 6.20 Å². The van der Waals surface area contributed by atoms with Crippen LogP contribution in [0.1, 0.15) is 24.6 Å². The molecule has 0 saturated carbocycles. The number of benzene rings is 1. The predicted octanol–water partition coefficient (Wildman–Crippen LogP) is 2.53. The Hall–Kier alpha value is -2.25. The summed E-state index contributed by atoms with van der Waals surface area (Å²) in [6.45, 7) is 0.977. The van der Waals surface area contributed by atoms with Gasteiger partial charge in [-0.15, -0.1) is 0 Å². The summed E-state index contributed by atoms with van der Waals surface area (Å²) in [4.78, 5) is 12.1. The molecule has 0 radical (unpaired) electrons. The monoisotopic (exact) mass is 342 g/mol. The van der Waals surface area contributed by atoms with E-state index in [1.807, 2.05) is 24.3 Å². The van der Waals surface area contributed by atoms with Gasteiger partial charge < -0.3 is 4.98 Å². The summed E-state index contributed by atoms with van der Waals surface area (Å²) < 4.78 is 27.1. The van der Waals surface area contributed by atoms with Crippen LogP contribution in [0, 0.1) is 0 Å². The molecule has 0 bridgehead atoms. The van der Waals surface area contributed by atoms with E-state index in [2.05, 4.69) is 15.0 Å². The van der Waals surface area contributed by atoms with Gasteiger partial charge in [-0.2, -0.15) is 4.31 Å². The molecule has 124 valence electrons. The molecule has 1 aliphatic heterocycles. The molecule has 4 rings (SSSR count). The molecule has 0 aliphatic carbocycles. The van der Waals surface area contributed by atoms with Crippen LogP contribution in [0.25, 0.3) is 11.0 Å². The van der Waals surface area contributed by atoms with Crippen LogP contribution < -0.4 is 0 Å². The fourth-order valence-corrected chi connectivity index (χ4v) is 4.69. The zero-order chi connectivity index (χ0) is 16.6. The molecule has 6 nitrogen and oxygen atoms in total. The van der Waals surface area contributed by atoms with Gasteiger partial charge in [0.1, 0.15) is 10.7 Å². The third-order valence-electron chi connectivity index (χ3n) is 4.45. The fraction of sp³-hybridized carbons (Fsp3) is 0.294. The SMILES string of the molecule is O=S(=O)(c1cccnc1)N1CCCC(c2nc3ccccc3[nH]2)C1. The Kier molecular flexibility index (Phi) is 3.82. The van der Waals surface area contributed by atoms with Crippen molar-refractivity contribution in [2.24, 2.45) is 0 Å². The molecule has 0 spiro atoms. The number of pyridine rings is 1. The van der Waals surface area contributed by atoms with Crippen molar-refractivity contribution in [3.63, 3.8) is 0 Å². The highest BCUT2D eigenvalue weighted by Crippen LogP contribution is 2.29. The Labute approximate surface area is 140 Å². The number of aromatic amines is 1. The van der Waals surface area contributed by atoms with Gasteiger partial charge in [0, 0.05) is 31.4 Å². The van der Waals surface area contributed by atoms with Gasteiger partial charge in [-0.1, -0.05) is 12.1 Å². The first-order valence-electron chi connectivity index (χ1n) is 7.99. The van der Waals surface area contributed by atoms with Gasteiger partial charge in [0.25, 0.3) is 0 Å². The van der Waals surface area contributed by atoms with E-state index in [1.54, 1.807) is 22.6 Å². The van der Waals surface area contributed by atoms with Crippen LogP contribution in [0.15, 0.2) is 53.7 Å². The van der Waals surface area contributed by atoms with E-state index < -0.39 is 10.0 Å². The summed E-state index contributed by atoms with van der Waals surface area (Å²) in [6, 6.07) is 11.1. The van der Waals surface area contributed by atoms with E-state index in [0.717, 1.165) is 29.7 Å². The summed E-state index contributed by atoms with van der Waals surface area (Å²) in [5, 5.41) is 0. The number of fused-ring (bicyclic) bond motifs is 1. The Morgan fingerprint density at radius 1 is 1.17 bits per heavy atom. The van der Waals surface area contributed by atoms with E-state index >= 15 is 0 Å². The molecule has 2 aromatic heterocycles. The van der Waals surface area contributed by atoms with Gasteiger partial charge in [-0.05, 0) is 37.1 Å². The zero-order valence-corrected chi connectivity index (χ0v) is 13.9. The lowest BCUT2D eigenvalue weighted by Gasteiger charge is -2.30. The fourth-order valence-electron chi connectivity index (χ4n) is 3.20. The van der Waals surface area contributed by atoms with E-state index in [4.69, 9.17) is 0 Å². The van der Waals surface area contributed by atoms with E-state index in [-0.39, 0.29) is 10.8 Å². The maximum absolute atomic E-state index is 12.8. The van der Waals surface area contributed by atoms with Crippen molar-refractivity contribution in [1.82, 2.24) is 19.3 Å². The summed E-state index contributed by atoms with van der Waals surface area (Å²) in [6.07, 6.45) is 4.73. The van der Waals surface area contributed by atoms with Crippen LogP contribution >= 0.6 is 0 Å². The molecule has 7 heteroatoms. The van der Waals surface area contributed by atoms with Gasteiger partial charge >= 0.3 is 0 Å². The second kappa shape index (κ2) is 5.99. The number of H-pyrrole nitrogens is 1. The molecule has 1 fully saturated rings. The molecule has 1 atom stereocenters. The first-order valence-corrected chi connectivity index (χ1v) is 9.43. The zero-order valence-electron chi connectivity index (χ0n) is 13.1. The third-order valence-corrected chi connectivity index (χ3v) is 6.30. The first-order chi connectivity index (χ1) is 11.6. The van der Waals surface area contributed by atoms with E-state index in [9.17, 15) is 8.42 Å². The first kappa shape index (κ1) is 15.3. The minimum absolute atomic E-state index is 0.0811. The van der Waals surface area contributed by atoms with Crippen LogP contribution in [0.3, 0.4) is 0 Å². The quantitative estimate of drug-likeness (QED) is 0.793. The standard InChI is InChI=1S/C17H18N4O2S/c22-24(23,14-6-3-9-18-11-14)21-10-4-5-13(12-21)17-19-15-7-1-2-8-16(15)20-17/h1-3,6-9,11,13H,4-5,10,12H2,(H,19,20). The molecule has 24 heavy (non-hydrogen) atoms. The van der Waals surface area contributed by atoms with Crippen LogP contribution in [0.2, 0.25) is 0 Å². The molecule has 3 aromatic rings. The van der Waals surface area contributed by atoms with Gasteiger partial charge in [0.05, 0.1) is 11.0 Å². The van der Waals surface area contributed by atoms with Gasteiger partial charge in [0.15, 0.2) is 0 Å². The average molecular weight is 342 g/mol. The highest BCUT2D eigenvalue weighted by molar-refractivity contribution is 7.89. The lowest BCUT2D eigenvalue weighted by molar-refractivity contribution is 0.310. The number of piperidine rings is 1. The van der Waals surface area contributed by atoms with Crippen molar-refractivity contribution in [3.05, 3.63) is 54.6 Å². The maximum atomic E-state index is 12.8. The second-order valence-corrected chi connectivity index (χ2v) is 7.97. The number of rotatable bonds is 3. The minimum Gasteiger partial charge on any atom is -0.342 e. The number of imidazole rings is 1. The lowest BCUT2D eigenvalue weighted by atomic mass is 9.99. The molecule has 0 amide bonds. The Morgan fingerprint density at radius 3 is 2.83 bits per heavy atom. The summed E-state index contributed by atoms with van der Waals surface area (Å²) in [5.74, 6) is 0.944. The Balaban J connectivity index is 1.62. The van der Waals surface area contributed by atoms with Crippen molar-refractivity contribution in [2.45, 2.75) is 23.7 Å². The van der Waals surface area contributed by atoms with Crippen molar-refractivity contribution < 1.29 is 8.42 Å². The smallest absolute Gasteiger partial charge is 0.244 e. The number of nitrogens with one attached hydrogen (secondary N) is 1. The van der Waals surface area contributed by atoms with Gasteiger partial charge in [-0.3, -0.25) is 4.98 Å². The molecular weight excluding hydrogens is 324 g/mol. The number of hydrogen-bond donors (Lipinski definition) is 1. The van der Waals surface area contributed by atoms with Crippen LogP contribution in [0.5, 0.6) is 0 Å². The molecule has 1 aliphatic rings. The number of hydrogen-bond acceptors (Lipinski definition) is 4. The summed E-state index contributed by atoms with van der Waals surface area (Å²) >= 11 is 0. The molecule has 1 N–H and O–H groups in total. The molecule has 1 aromatic carbocycles. The largest absolute Gasteiger partial charge is 0.342 e. The minimum atomic E-state index is -3.50. The number of para-hydroxylation sites is 2. The number of aromatic nitrogens is 3. The Bertz CT molecular complexity index is 920. The van der Waals surface area contributed by atoms with E-state index in [0.29, 0.717) is 13.1 Å². The average Bonchev–Trinajstić information content (AvgIpc) is 3.07. The highest BCUT2D eigenvalue weighted by Gasteiger charge is 2.32. The van der Waals surface area contributed by atoms with Crippen molar-refractivity contribution in [3.8, 4) is 0 Å². The second-order valence-electron chi connectivity index (χ2n) is 6.03. The van der Waals surface area contributed by atoms with Crippen molar-refractivity contribution in [2.75, 3.05) is 13.1 Å². The number of nitrogens with zero attached hydrogens (tertiary/aromatic N) is 3. The van der Waals surface area contributed by atoms with Crippen LogP contribution in [-0.2, 0) is 10.0 Å². The molecular formula is C17H18N4O2S. The molecule has 3 heterocycles. The van der Waals surface area contributed by atoms with Gasteiger partial charge in [-0.25, -0.2) is 13.4 Å². The molecule has 1 unspecified atom stereocenters. The topological polar surface area (TPSA) is 79.0 Å². The summed E-state index contributed by atoms with van der Waals surface area (Å²) in [5.41, 5.74) is 1.90. The highest BCUT2D eigenvalue weighted by atomic mass is 32.2. The normalized spacial score (nSPS) is 19.6. The number of sulfonamides is 1. The lowest BCUT2D eigenvalue weighted by Crippen LogP contribution is -2.39.